The second kappa shape index (κ2) is 33.6. The Morgan fingerprint density at radius 3 is 1.12 bits per heavy atom. The molecule has 83 heavy (non-hydrogen) atoms. The zero-order valence-electron chi connectivity index (χ0n) is 44.1. The summed E-state index contributed by atoms with van der Waals surface area (Å²) in [6.45, 7) is 12.0. The van der Waals surface area contributed by atoms with Gasteiger partial charge in [0, 0.05) is 6.67 Å². The van der Waals surface area contributed by atoms with Gasteiger partial charge >= 0.3 is 76.0 Å². The van der Waals surface area contributed by atoms with E-state index in [-0.39, 0.29) is 44.8 Å². The molecule has 0 aliphatic carbocycles. The summed E-state index contributed by atoms with van der Waals surface area (Å²) in [5.41, 5.74) is -0.607. The molecule has 10 rings (SSSR count). The Hall–Kier alpha value is -5.86. The van der Waals surface area contributed by atoms with Crippen LogP contribution in [-0.4, -0.2) is 86.3 Å². The molecule has 2 aliphatic rings. The molecule has 0 spiro atoms. The molecule has 0 atom stereocenters. The molecule has 444 valence electrons. The zero-order chi connectivity index (χ0) is 58.5. The quantitative estimate of drug-likeness (QED) is 0.0351. The molecule has 24 heteroatoms. The van der Waals surface area contributed by atoms with Crippen molar-refractivity contribution < 1.29 is 97.0 Å². The summed E-state index contributed by atoms with van der Waals surface area (Å²) in [7, 11) is -11.7. The van der Waals surface area contributed by atoms with Crippen LogP contribution in [0.4, 0.5) is 26.3 Å². The van der Waals surface area contributed by atoms with Crippen molar-refractivity contribution in [3.63, 3.8) is 0 Å². The Labute approximate surface area is 520 Å². The van der Waals surface area contributed by atoms with E-state index in [9.17, 15) is 26.3 Å². The number of halogens is 6. The Morgan fingerprint density at radius 2 is 0.819 bits per heavy atom. The van der Waals surface area contributed by atoms with Gasteiger partial charge in [-0.15, -0.1) is 82.6 Å². The van der Waals surface area contributed by atoms with E-state index in [0.29, 0.717) is 0 Å². The van der Waals surface area contributed by atoms with Crippen molar-refractivity contribution >= 4 is 42.9 Å². The number of rotatable bonds is 14. The van der Waals surface area contributed by atoms with Crippen molar-refractivity contribution in [3.05, 3.63) is 219 Å². The van der Waals surface area contributed by atoms with Gasteiger partial charge in [-0.1, -0.05) is 121 Å². The molecule has 0 bridgehead atoms. The van der Waals surface area contributed by atoms with Gasteiger partial charge in [-0.2, -0.15) is 80.8 Å². The van der Waals surface area contributed by atoms with Crippen molar-refractivity contribution in [2.24, 2.45) is 0 Å². The molecular weight excluding hydrogens is 1520 g/mol. The van der Waals surface area contributed by atoms with Crippen LogP contribution >= 0.6 is 22.7 Å². The molecule has 0 unspecified atom stereocenters. The molecule has 8 aromatic rings. The first-order valence-corrected chi connectivity index (χ1v) is 29.4. The van der Waals surface area contributed by atoms with Crippen LogP contribution in [0.15, 0.2) is 181 Å². The number of alkyl halides is 6. The molecule has 0 amide bonds. The van der Waals surface area contributed by atoms with E-state index in [1.54, 1.807) is 22.7 Å². The van der Waals surface area contributed by atoms with Crippen molar-refractivity contribution in [2.45, 2.75) is 50.5 Å². The van der Waals surface area contributed by atoms with Gasteiger partial charge in [-0.25, -0.2) is 22.7 Å². The molecule has 0 radical (unpaired) electrons. The van der Waals surface area contributed by atoms with Gasteiger partial charge in [0.15, 0.2) is 0 Å². The zero-order valence-corrected chi connectivity index (χ0v) is 51.7. The van der Waals surface area contributed by atoms with Gasteiger partial charge < -0.3 is 29.6 Å². The standard InChI is InChI=1S/2C21H13NS.C15H26N4.2CHF3O3S.2Au/c2*1-3-8-16(9-4-1)18-14-19(17-10-5-2-6-11-17)22-20(15-18)21-12-7-13-23-21;1-3-5-7-16-9-11-18(13-16)15-19-12-10-17(14-19)8-6-4-2;2*2-1(3,4)8(5,6)7;;/h2*1-10,13-15H;9-14H,3-8,15H2,1-2H3;2*(H,5,6,7);;/q3*-2;;;2*+3. The molecular formula is C59H54Au2F6N6O6S4. The number of thiophene rings is 2. The molecule has 0 fully saturated rings. The van der Waals surface area contributed by atoms with E-state index in [1.807, 2.05) is 83.6 Å². The smallest absolute Gasteiger partial charge is 0.508 e. The van der Waals surface area contributed by atoms with Gasteiger partial charge in [0.1, 0.15) is 0 Å². The first-order valence-electron chi connectivity index (χ1n) is 24.8. The van der Waals surface area contributed by atoms with Crippen molar-refractivity contribution in [1.82, 2.24) is 29.6 Å². The predicted octanol–water partition coefficient (Wildman–Crippen LogP) is 15.2. The number of pyridine rings is 2. The van der Waals surface area contributed by atoms with E-state index in [4.69, 9.17) is 35.9 Å². The van der Waals surface area contributed by atoms with Crippen molar-refractivity contribution in [2.75, 3.05) is 19.8 Å². The molecule has 0 saturated heterocycles. The number of nitrogens with zero attached hydrogens (tertiary/aromatic N) is 6. The Kier molecular flexibility index (Phi) is 28.2. The molecule has 2 aliphatic heterocycles. The minimum atomic E-state index is -5.84. The SMILES string of the molecule is CCCCN1C=CN(CN2C=CN(CCCC)[CH-]2)[CH-]1.O=S(=O)(O)C(F)(F)F.O=S(=O)(O)C(F)(F)F.[Au+3].[Au+3].[c-]1ccccc1-c1cc(-c2ccccc2)cc(-c2[c-]ccs2)n1.[c-]1ccccc1-c1cc(-c2ccccc2)cc(-c2[c-]ccs2)n1. The minimum absolute atomic E-state index is 0. The second-order valence-corrected chi connectivity index (χ2v) is 22.0. The summed E-state index contributed by atoms with van der Waals surface area (Å²) in [6.07, 6.45) is 13.6. The van der Waals surface area contributed by atoms with E-state index in [0.717, 1.165) is 74.5 Å². The van der Waals surface area contributed by atoms with Gasteiger partial charge in [-0.3, -0.25) is 9.11 Å². The summed E-state index contributed by atoms with van der Waals surface area (Å²) in [6, 6.07) is 62.1. The van der Waals surface area contributed by atoms with Crippen LogP contribution in [0.5, 0.6) is 0 Å². The first-order chi connectivity index (χ1) is 38.6. The molecule has 6 heterocycles. The number of benzene rings is 4. The van der Waals surface area contributed by atoms with Crippen LogP contribution in [0.2, 0.25) is 0 Å². The maximum Gasteiger partial charge on any atom is 3.00 e. The average molecular weight is 1580 g/mol. The third-order valence-corrected chi connectivity index (χ3v) is 14.0. The van der Waals surface area contributed by atoms with E-state index in [2.05, 4.69) is 169 Å². The summed E-state index contributed by atoms with van der Waals surface area (Å²) < 4.78 is 115. The topological polar surface area (TPSA) is 147 Å². The van der Waals surface area contributed by atoms with Gasteiger partial charge in [0.05, 0.1) is 0 Å². The van der Waals surface area contributed by atoms with Crippen LogP contribution < -0.4 is 0 Å². The molecule has 0 saturated carbocycles. The van der Waals surface area contributed by atoms with Crippen LogP contribution in [-0.2, 0) is 65.0 Å². The fourth-order valence-electron chi connectivity index (χ4n) is 7.21. The minimum Gasteiger partial charge on any atom is -0.508 e. The number of unbranched alkanes of at least 4 members (excludes halogenated alkanes) is 2. The second-order valence-electron chi connectivity index (χ2n) is 17.3. The fourth-order valence-corrected chi connectivity index (χ4v) is 8.48. The Morgan fingerprint density at radius 1 is 0.482 bits per heavy atom. The third kappa shape index (κ3) is 22.6. The predicted molar refractivity (Wildman–Crippen MR) is 306 cm³/mol. The van der Waals surface area contributed by atoms with Crippen LogP contribution in [0, 0.1) is 37.6 Å². The molecule has 4 aromatic carbocycles. The number of aromatic nitrogens is 2. The summed E-state index contributed by atoms with van der Waals surface area (Å²) >= 11 is 3.31. The van der Waals surface area contributed by atoms with Gasteiger partial charge in [-0.05, 0) is 95.8 Å². The fraction of sp³-hybridized carbons (Fsp3) is 0.186. The first kappa shape index (κ1) is 69.6. The van der Waals surface area contributed by atoms with Crippen LogP contribution in [0.3, 0.4) is 0 Å². The third-order valence-electron chi connectivity index (χ3n) is 11.2. The normalized spacial score (nSPS) is 12.7. The Balaban J connectivity index is 0.000000235. The largest absolute Gasteiger partial charge is 3.00 e. The Bertz CT molecular complexity index is 3100. The molecule has 4 aromatic heterocycles. The van der Waals surface area contributed by atoms with Gasteiger partial charge in [0.2, 0.25) is 0 Å². The summed E-state index contributed by atoms with van der Waals surface area (Å²) in [5, 5.41) is 4.06. The average Bonchev–Trinajstić information content (AvgIpc) is 4.52. The monoisotopic (exact) mass is 1580 g/mol. The van der Waals surface area contributed by atoms with Crippen LogP contribution in [0.1, 0.15) is 39.5 Å². The maximum atomic E-state index is 10.7. The maximum absolute atomic E-state index is 10.7. The summed E-state index contributed by atoms with van der Waals surface area (Å²) in [5.74, 6) is 0. The number of hydrogen-bond acceptors (Lipinski definition) is 12. The van der Waals surface area contributed by atoms with E-state index < -0.39 is 31.3 Å². The van der Waals surface area contributed by atoms with E-state index >= 15 is 0 Å². The van der Waals surface area contributed by atoms with E-state index in [1.165, 1.54) is 36.8 Å². The molecule has 2 N–H and O–H groups in total. The van der Waals surface area contributed by atoms with Gasteiger partial charge in [0.25, 0.3) is 0 Å². The van der Waals surface area contributed by atoms with Crippen molar-refractivity contribution in [3.8, 4) is 65.9 Å². The number of hydrogen-bond donors (Lipinski definition) is 2. The van der Waals surface area contributed by atoms with Crippen LogP contribution in [0.25, 0.3) is 65.9 Å². The molecule has 12 nitrogen and oxygen atoms in total. The summed E-state index contributed by atoms with van der Waals surface area (Å²) in [4.78, 5) is 20.7. The van der Waals surface area contributed by atoms with Crippen molar-refractivity contribution in [1.29, 1.82) is 0 Å².